The summed E-state index contributed by atoms with van der Waals surface area (Å²) in [5.74, 6) is -0.120. The van der Waals surface area contributed by atoms with Crippen LogP contribution in [0.4, 0.5) is 5.69 Å². The number of carbonyl (C=O) groups is 1. The number of aliphatic imine (C=N–C) groups is 1. The highest BCUT2D eigenvalue weighted by Gasteiger charge is 2.36. The summed E-state index contributed by atoms with van der Waals surface area (Å²) in [6, 6.07) is 6.16. The van der Waals surface area contributed by atoms with Crippen molar-refractivity contribution < 1.29 is 9.53 Å². The number of rotatable bonds is 6. The number of nitrogens with zero attached hydrogens (tertiary/aromatic N) is 1. The van der Waals surface area contributed by atoms with Crippen molar-refractivity contribution in [2.24, 2.45) is 4.99 Å². The topological polar surface area (TPSA) is 38.7 Å². The molecular formula is C17H23NO2S. The number of benzene rings is 1. The molecule has 0 radical (unpaired) electrons. The van der Waals surface area contributed by atoms with E-state index in [9.17, 15) is 4.79 Å². The summed E-state index contributed by atoms with van der Waals surface area (Å²) in [7, 11) is 1.44. The normalized spacial score (nSPS) is 20.1. The lowest BCUT2D eigenvalue weighted by Crippen LogP contribution is -2.27. The molecule has 0 saturated carbocycles. The van der Waals surface area contributed by atoms with Gasteiger partial charge in [-0.2, -0.15) is 0 Å². The number of fused-ring (bicyclic) bond motifs is 1. The number of hydrogen-bond acceptors (Lipinski definition) is 4. The third kappa shape index (κ3) is 3.49. The quantitative estimate of drug-likeness (QED) is 0.478. The van der Waals surface area contributed by atoms with Crippen molar-refractivity contribution in [2.45, 2.75) is 56.3 Å². The van der Waals surface area contributed by atoms with E-state index < -0.39 is 0 Å². The van der Waals surface area contributed by atoms with E-state index in [4.69, 9.17) is 4.99 Å². The lowest BCUT2D eigenvalue weighted by molar-refractivity contribution is -0.140. The van der Waals surface area contributed by atoms with E-state index in [0.717, 1.165) is 36.3 Å². The van der Waals surface area contributed by atoms with Gasteiger partial charge in [0.2, 0.25) is 0 Å². The van der Waals surface area contributed by atoms with E-state index in [0.29, 0.717) is 6.42 Å². The molecule has 1 aromatic rings. The zero-order valence-electron chi connectivity index (χ0n) is 13.0. The second-order valence-corrected chi connectivity index (χ2v) is 6.38. The van der Waals surface area contributed by atoms with Gasteiger partial charge in [0.05, 0.1) is 12.8 Å². The minimum Gasteiger partial charge on any atom is -0.469 e. The molecule has 1 aliphatic heterocycles. The highest BCUT2D eigenvalue weighted by Crippen LogP contribution is 2.44. The van der Waals surface area contributed by atoms with Crippen molar-refractivity contribution in [3.63, 3.8) is 0 Å². The summed E-state index contributed by atoms with van der Waals surface area (Å²) < 4.78 is 4.66. The first-order chi connectivity index (χ1) is 9.97. The van der Waals surface area contributed by atoms with Crippen molar-refractivity contribution in [3.8, 4) is 0 Å². The minimum absolute atomic E-state index is 0.000656. The number of unbranched alkanes of at least 4 members (excludes halogenated alkanes) is 2. The maximum absolute atomic E-state index is 11.1. The van der Waals surface area contributed by atoms with Gasteiger partial charge in [0.25, 0.3) is 0 Å². The number of methoxy groups -OCH3 is 1. The Bertz CT molecular complexity index is 568. The van der Waals surface area contributed by atoms with Crippen LogP contribution in [0.25, 0.3) is 0 Å². The van der Waals surface area contributed by atoms with Crippen LogP contribution in [0.1, 0.15) is 51.5 Å². The lowest BCUT2D eigenvalue weighted by atomic mass is 9.76. The van der Waals surface area contributed by atoms with E-state index in [1.807, 2.05) is 12.1 Å². The summed E-state index contributed by atoms with van der Waals surface area (Å²) in [5.41, 5.74) is 3.52. The molecule has 0 saturated heterocycles. The molecule has 1 aromatic carbocycles. The molecular weight excluding hydrogens is 282 g/mol. The number of esters is 1. The Morgan fingerprint density at radius 1 is 1.33 bits per heavy atom. The highest BCUT2D eigenvalue weighted by molar-refractivity contribution is 7.80. The van der Waals surface area contributed by atoms with E-state index >= 15 is 0 Å². The van der Waals surface area contributed by atoms with Crippen molar-refractivity contribution in [3.05, 3.63) is 23.8 Å². The largest absolute Gasteiger partial charge is 0.469 e. The van der Waals surface area contributed by atoms with Gasteiger partial charge in [-0.15, -0.1) is 12.6 Å². The molecule has 0 bridgehead atoms. The Labute approximate surface area is 132 Å². The van der Waals surface area contributed by atoms with Crippen LogP contribution >= 0.6 is 12.6 Å². The first kappa shape index (κ1) is 16.1. The summed E-state index contributed by atoms with van der Waals surface area (Å²) in [5, 5.41) is 0. The van der Waals surface area contributed by atoms with Crippen LogP contribution in [0.2, 0.25) is 0 Å². The number of thiol groups is 1. The molecule has 114 valence electrons. The van der Waals surface area contributed by atoms with Gasteiger partial charge in [0, 0.05) is 22.4 Å². The maximum atomic E-state index is 11.1. The summed E-state index contributed by atoms with van der Waals surface area (Å²) >= 11 is 4.45. The van der Waals surface area contributed by atoms with Gasteiger partial charge in [0.1, 0.15) is 0 Å². The Morgan fingerprint density at radius 3 is 2.81 bits per heavy atom. The molecule has 21 heavy (non-hydrogen) atoms. The SMILES string of the molecule is COC(=O)CCCCCC1(C)C(C)=Nc2ccc(S)cc21. The Morgan fingerprint density at radius 2 is 2.10 bits per heavy atom. The monoisotopic (exact) mass is 305 g/mol. The van der Waals surface area contributed by atoms with E-state index in [1.165, 1.54) is 18.4 Å². The second-order valence-electron chi connectivity index (χ2n) is 5.87. The van der Waals surface area contributed by atoms with Crippen molar-refractivity contribution in [1.82, 2.24) is 0 Å². The Kier molecular flexibility index (Phi) is 5.09. The third-order valence-corrected chi connectivity index (χ3v) is 4.72. The molecule has 4 heteroatoms. The molecule has 3 nitrogen and oxygen atoms in total. The molecule has 0 aliphatic carbocycles. The van der Waals surface area contributed by atoms with Gasteiger partial charge in [-0.3, -0.25) is 9.79 Å². The van der Waals surface area contributed by atoms with Crippen LogP contribution in [0, 0.1) is 0 Å². The number of carbonyl (C=O) groups excluding carboxylic acids is 1. The molecule has 1 unspecified atom stereocenters. The molecule has 0 amide bonds. The fraction of sp³-hybridized carbons (Fsp3) is 0.529. The first-order valence-electron chi connectivity index (χ1n) is 7.43. The molecule has 0 spiro atoms. The fourth-order valence-electron chi connectivity index (χ4n) is 2.90. The van der Waals surface area contributed by atoms with E-state index in [-0.39, 0.29) is 11.4 Å². The van der Waals surface area contributed by atoms with Crippen molar-refractivity contribution >= 4 is 30.0 Å². The molecule has 0 N–H and O–H groups in total. The van der Waals surface area contributed by atoms with Crippen LogP contribution < -0.4 is 0 Å². The molecule has 1 atom stereocenters. The zero-order valence-corrected chi connectivity index (χ0v) is 13.9. The molecule has 0 fully saturated rings. The van der Waals surface area contributed by atoms with Gasteiger partial charge in [-0.1, -0.05) is 19.8 Å². The predicted octanol–water partition coefficient (Wildman–Crippen LogP) is 4.46. The predicted molar refractivity (Wildman–Crippen MR) is 88.9 cm³/mol. The highest BCUT2D eigenvalue weighted by atomic mass is 32.1. The molecule has 0 aromatic heterocycles. The van der Waals surface area contributed by atoms with E-state index in [2.05, 4.69) is 37.3 Å². The van der Waals surface area contributed by atoms with E-state index in [1.54, 1.807) is 0 Å². The fourth-order valence-corrected chi connectivity index (χ4v) is 3.11. The summed E-state index contributed by atoms with van der Waals surface area (Å²) in [6.07, 6.45) is 4.56. The first-order valence-corrected chi connectivity index (χ1v) is 7.88. The maximum Gasteiger partial charge on any atom is 0.305 e. The standard InChI is InChI=1S/C17H23NO2S/c1-12-17(2,10-6-4-5-7-16(19)20-3)14-11-13(21)8-9-15(14)18-12/h8-9,11,21H,4-7,10H2,1-3H3. The van der Waals surface area contributed by atoms with Gasteiger partial charge in [-0.25, -0.2) is 0 Å². The van der Waals surface area contributed by atoms with Gasteiger partial charge < -0.3 is 4.74 Å². The second kappa shape index (κ2) is 6.65. The molecule has 2 rings (SSSR count). The van der Waals surface area contributed by atoms with Crippen LogP contribution in [0.15, 0.2) is 28.1 Å². The average Bonchev–Trinajstić information content (AvgIpc) is 2.70. The van der Waals surface area contributed by atoms with Gasteiger partial charge in [-0.05, 0) is 43.5 Å². The smallest absolute Gasteiger partial charge is 0.305 e. The zero-order chi connectivity index (χ0) is 15.5. The van der Waals surface area contributed by atoms with Crippen LogP contribution in [0.5, 0.6) is 0 Å². The van der Waals surface area contributed by atoms with Gasteiger partial charge in [0.15, 0.2) is 0 Å². The minimum atomic E-state index is -0.120. The number of hydrogen-bond donors (Lipinski definition) is 1. The van der Waals surface area contributed by atoms with Crippen LogP contribution in [-0.2, 0) is 14.9 Å². The van der Waals surface area contributed by atoms with Crippen LogP contribution in [0.3, 0.4) is 0 Å². The molecule has 1 heterocycles. The molecule has 1 aliphatic rings. The van der Waals surface area contributed by atoms with Gasteiger partial charge >= 0.3 is 5.97 Å². The average molecular weight is 305 g/mol. The van der Waals surface area contributed by atoms with Crippen molar-refractivity contribution in [1.29, 1.82) is 0 Å². The third-order valence-electron chi connectivity index (χ3n) is 4.45. The lowest BCUT2D eigenvalue weighted by Gasteiger charge is -2.26. The van der Waals surface area contributed by atoms with Crippen molar-refractivity contribution in [2.75, 3.05) is 7.11 Å². The number of ether oxygens (including phenoxy) is 1. The Hall–Kier alpha value is -1.29. The summed E-state index contributed by atoms with van der Waals surface area (Å²) in [4.78, 5) is 16.8. The summed E-state index contributed by atoms with van der Waals surface area (Å²) in [6.45, 7) is 4.36. The Balaban J connectivity index is 1.95. The van der Waals surface area contributed by atoms with Crippen LogP contribution in [-0.4, -0.2) is 18.8 Å².